The van der Waals surface area contributed by atoms with Gasteiger partial charge < -0.3 is 4.42 Å². The molecule has 0 bridgehead atoms. The van der Waals surface area contributed by atoms with Gasteiger partial charge in [0.2, 0.25) is 0 Å². The normalized spacial score (nSPS) is 11.8. The minimum atomic E-state index is 0.701. The number of aromatic nitrogens is 1. The molecule has 0 spiro atoms. The number of hydrogen-bond acceptors (Lipinski definition) is 4. The van der Waals surface area contributed by atoms with Crippen LogP contribution in [-0.4, -0.2) is 4.98 Å². The summed E-state index contributed by atoms with van der Waals surface area (Å²) < 4.78 is 6.15. The van der Waals surface area contributed by atoms with Crippen molar-refractivity contribution in [2.24, 2.45) is 5.10 Å². The topological polar surface area (TPSA) is 50.4 Å². The van der Waals surface area contributed by atoms with E-state index in [-0.39, 0.29) is 0 Å². The maximum atomic E-state index is 6.15. The predicted octanol–water partition coefficient (Wildman–Crippen LogP) is 5.88. The molecule has 29 heavy (non-hydrogen) atoms. The van der Waals surface area contributed by atoms with Crippen molar-refractivity contribution in [2.45, 2.75) is 6.92 Å². The SMILES string of the molecule is Cc1ccc2oc(-c3ccccc3)c/c(=N\Nc3ccc4ccccc4n3)c2c1. The number of nitrogens with zero attached hydrogens (tertiary/aromatic N) is 2. The summed E-state index contributed by atoms with van der Waals surface area (Å²) in [5.41, 5.74) is 7.01. The number of hydrogen-bond donors (Lipinski definition) is 1. The Morgan fingerprint density at radius 3 is 2.55 bits per heavy atom. The molecular formula is C25H19N3O. The van der Waals surface area contributed by atoms with Gasteiger partial charge >= 0.3 is 0 Å². The van der Waals surface area contributed by atoms with E-state index in [1.54, 1.807) is 0 Å². The van der Waals surface area contributed by atoms with Crippen LogP contribution in [0.25, 0.3) is 33.2 Å². The first-order valence-corrected chi connectivity index (χ1v) is 9.52. The van der Waals surface area contributed by atoms with Crippen LogP contribution >= 0.6 is 0 Å². The molecule has 0 atom stereocenters. The molecule has 0 fully saturated rings. The van der Waals surface area contributed by atoms with Gasteiger partial charge in [-0.15, -0.1) is 0 Å². The molecule has 0 radical (unpaired) electrons. The lowest BCUT2D eigenvalue weighted by Crippen LogP contribution is -2.08. The number of para-hydroxylation sites is 1. The van der Waals surface area contributed by atoms with Gasteiger partial charge in [0.25, 0.3) is 0 Å². The zero-order chi connectivity index (χ0) is 19.6. The summed E-state index contributed by atoms with van der Waals surface area (Å²) in [7, 11) is 0. The van der Waals surface area contributed by atoms with Crippen LogP contribution < -0.4 is 10.8 Å². The molecule has 2 aromatic heterocycles. The Bertz CT molecular complexity index is 1390. The standard InChI is InChI=1S/C25H19N3O/c1-17-11-13-23-20(15-17)22(16-24(29-23)19-8-3-2-4-9-19)27-28-25-14-12-18-7-5-6-10-21(18)26-25/h2-16H,1H3,(H,26,28)/b27-22+. The third kappa shape index (κ3) is 3.48. The Labute approximate surface area is 168 Å². The van der Waals surface area contributed by atoms with Crippen molar-refractivity contribution in [3.05, 3.63) is 102 Å². The van der Waals surface area contributed by atoms with Crippen LogP contribution in [0.3, 0.4) is 0 Å². The fourth-order valence-corrected chi connectivity index (χ4v) is 3.37. The molecule has 0 unspecified atom stereocenters. The quantitative estimate of drug-likeness (QED) is 0.399. The van der Waals surface area contributed by atoms with Crippen LogP contribution in [0.1, 0.15) is 5.56 Å². The highest BCUT2D eigenvalue weighted by Crippen LogP contribution is 2.22. The average Bonchev–Trinajstić information content (AvgIpc) is 2.78. The van der Waals surface area contributed by atoms with E-state index in [0.29, 0.717) is 5.82 Å². The van der Waals surface area contributed by atoms with E-state index in [9.17, 15) is 0 Å². The second-order valence-electron chi connectivity index (χ2n) is 6.97. The van der Waals surface area contributed by atoms with Crippen LogP contribution in [0, 0.1) is 6.92 Å². The van der Waals surface area contributed by atoms with E-state index in [1.807, 2.05) is 84.9 Å². The maximum Gasteiger partial charge on any atom is 0.146 e. The first-order valence-electron chi connectivity index (χ1n) is 9.52. The Morgan fingerprint density at radius 2 is 1.66 bits per heavy atom. The first kappa shape index (κ1) is 17.2. The minimum Gasteiger partial charge on any atom is -0.456 e. The van der Waals surface area contributed by atoms with Crippen molar-refractivity contribution < 1.29 is 4.42 Å². The molecule has 140 valence electrons. The summed E-state index contributed by atoms with van der Waals surface area (Å²) in [4.78, 5) is 4.64. The van der Waals surface area contributed by atoms with Crippen LogP contribution in [0.15, 0.2) is 101 Å². The molecule has 0 saturated heterocycles. The lowest BCUT2D eigenvalue weighted by atomic mass is 10.1. The Hall–Kier alpha value is -3.92. The number of aryl methyl sites for hydroxylation is 1. The number of benzene rings is 3. The monoisotopic (exact) mass is 377 g/mol. The van der Waals surface area contributed by atoms with Gasteiger partial charge in [-0.3, -0.25) is 5.43 Å². The molecule has 1 N–H and O–H groups in total. The zero-order valence-electron chi connectivity index (χ0n) is 16.0. The molecule has 5 aromatic rings. The molecule has 0 aliphatic heterocycles. The molecule has 5 rings (SSSR count). The Kier molecular flexibility index (Phi) is 4.30. The number of pyridine rings is 1. The molecule has 2 heterocycles. The van der Waals surface area contributed by atoms with Crippen molar-refractivity contribution in [1.82, 2.24) is 4.98 Å². The van der Waals surface area contributed by atoms with Crippen molar-refractivity contribution in [2.75, 3.05) is 5.43 Å². The van der Waals surface area contributed by atoms with E-state index in [1.165, 1.54) is 0 Å². The summed E-state index contributed by atoms with van der Waals surface area (Å²) in [5, 5.41) is 7.53. The number of nitrogens with one attached hydrogen (secondary N) is 1. The summed E-state index contributed by atoms with van der Waals surface area (Å²) in [5.74, 6) is 1.47. The third-order valence-corrected chi connectivity index (χ3v) is 4.85. The van der Waals surface area contributed by atoms with Gasteiger partial charge in [0.1, 0.15) is 17.2 Å². The van der Waals surface area contributed by atoms with Crippen molar-refractivity contribution in [1.29, 1.82) is 0 Å². The minimum absolute atomic E-state index is 0.701. The van der Waals surface area contributed by atoms with E-state index in [2.05, 4.69) is 28.5 Å². The highest BCUT2D eigenvalue weighted by atomic mass is 16.3. The average molecular weight is 377 g/mol. The number of fused-ring (bicyclic) bond motifs is 2. The predicted molar refractivity (Wildman–Crippen MR) is 117 cm³/mol. The van der Waals surface area contributed by atoms with Gasteiger partial charge in [0.15, 0.2) is 0 Å². The molecule has 0 saturated carbocycles. The van der Waals surface area contributed by atoms with Gasteiger partial charge in [-0.05, 0) is 37.3 Å². The zero-order valence-corrected chi connectivity index (χ0v) is 16.0. The van der Waals surface area contributed by atoms with E-state index >= 15 is 0 Å². The van der Waals surface area contributed by atoms with Crippen LogP contribution in [0.5, 0.6) is 0 Å². The summed E-state index contributed by atoms with van der Waals surface area (Å²) in [6.07, 6.45) is 0. The van der Waals surface area contributed by atoms with Crippen LogP contribution in [-0.2, 0) is 0 Å². The van der Waals surface area contributed by atoms with Gasteiger partial charge in [0, 0.05) is 22.4 Å². The van der Waals surface area contributed by atoms with E-state index in [4.69, 9.17) is 4.42 Å². The highest BCUT2D eigenvalue weighted by Gasteiger charge is 2.06. The smallest absolute Gasteiger partial charge is 0.146 e. The Balaban J connectivity index is 1.64. The molecular weight excluding hydrogens is 358 g/mol. The third-order valence-electron chi connectivity index (χ3n) is 4.85. The molecule has 3 aromatic carbocycles. The fourth-order valence-electron chi connectivity index (χ4n) is 3.37. The van der Waals surface area contributed by atoms with Gasteiger partial charge in [-0.2, -0.15) is 5.10 Å². The largest absolute Gasteiger partial charge is 0.456 e. The van der Waals surface area contributed by atoms with Gasteiger partial charge in [-0.25, -0.2) is 4.98 Å². The van der Waals surface area contributed by atoms with Crippen molar-refractivity contribution in [3.8, 4) is 11.3 Å². The van der Waals surface area contributed by atoms with Crippen LogP contribution in [0.2, 0.25) is 0 Å². The first-order chi connectivity index (χ1) is 14.3. The summed E-state index contributed by atoms with van der Waals surface area (Å²) in [6, 6.07) is 30.1. The molecule has 0 aliphatic rings. The molecule has 0 aliphatic carbocycles. The molecule has 4 nitrogen and oxygen atoms in total. The van der Waals surface area contributed by atoms with Gasteiger partial charge in [-0.1, -0.05) is 60.2 Å². The maximum absolute atomic E-state index is 6.15. The number of anilines is 1. The highest BCUT2D eigenvalue weighted by molar-refractivity contribution is 5.80. The van der Waals surface area contributed by atoms with Crippen LogP contribution in [0.4, 0.5) is 5.82 Å². The lowest BCUT2D eigenvalue weighted by Gasteiger charge is -2.06. The van der Waals surface area contributed by atoms with Gasteiger partial charge in [0.05, 0.1) is 10.9 Å². The second kappa shape index (κ2) is 7.24. The Morgan fingerprint density at radius 1 is 0.828 bits per heavy atom. The summed E-state index contributed by atoms with van der Waals surface area (Å²) in [6.45, 7) is 2.06. The van der Waals surface area contributed by atoms with E-state index < -0.39 is 0 Å². The fraction of sp³-hybridized carbons (Fsp3) is 0.0400. The van der Waals surface area contributed by atoms with Crippen molar-refractivity contribution in [3.63, 3.8) is 0 Å². The molecule has 0 amide bonds. The summed E-state index contributed by atoms with van der Waals surface area (Å²) >= 11 is 0. The van der Waals surface area contributed by atoms with E-state index in [0.717, 1.165) is 44.1 Å². The van der Waals surface area contributed by atoms with Crippen molar-refractivity contribution >= 4 is 27.7 Å². The second-order valence-corrected chi connectivity index (χ2v) is 6.97. The molecule has 4 heteroatoms. The lowest BCUT2D eigenvalue weighted by molar-refractivity contribution is 0.618. The number of rotatable bonds is 3.